The molecule has 2 unspecified atom stereocenters. The first-order chi connectivity index (χ1) is 10.1. The molecule has 1 aliphatic heterocycles. The van der Waals surface area contributed by atoms with Crippen LogP contribution < -0.4 is 21.3 Å². The highest BCUT2D eigenvalue weighted by molar-refractivity contribution is 5.91. The molecular weight excluding hydrogens is 304 g/mol. The Morgan fingerprint density at radius 2 is 1.95 bits per heavy atom. The van der Waals surface area contributed by atoms with Crippen LogP contribution in [0.5, 0.6) is 0 Å². The maximum absolute atomic E-state index is 12.7. The predicted molar refractivity (Wildman–Crippen MR) is 89.2 cm³/mol. The van der Waals surface area contributed by atoms with E-state index in [9.17, 15) is 9.59 Å². The van der Waals surface area contributed by atoms with Gasteiger partial charge >= 0.3 is 6.03 Å². The SMILES string of the molecule is CCNC(=O)NC1(C(=O)NC2CNCCC2C)CCCC1.Cl. The Morgan fingerprint density at radius 1 is 1.27 bits per heavy atom. The molecule has 0 bridgehead atoms. The lowest BCUT2D eigenvalue weighted by molar-refractivity contribution is -0.128. The standard InChI is InChI=1S/C15H28N4O2.ClH/c1-3-17-14(21)19-15(7-4-5-8-15)13(20)18-12-10-16-9-6-11(12)2;/h11-12,16H,3-10H2,1-2H3,(H,18,20)(H2,17,19,21);1H. The zero-order valence-corrected chi connectivity index (χ0v) is 14.4. The third kappa shape index (κ3) is 4.49. The van der Waals surface area contributed by atoms with E-state index in [1.807, 2.05) is 6.92 Å². The van der Waals surface area contributed by atoms with Gasteiger partial charge in [-0.25, -0.2) is 4.79 Å². The molecule has 2 aliphatic rings. The summed E-state index contributed by atoms with van der Waals surface area (Å²) < 4.78 is 0. The van der Waals surface area contributed by atoms with Gasteiger partial charge in [0.1, 0.15) is 5.54 Å². The Bertz CT molecular complexity index is 386. The van der Waals surface area contributed by atoms with E-state index < -0.39 is 5.54 Å². The Hall–Kier alpha value is -1.01. The van der Waals surface area contributed by atoms with E-state index >= 15 is 0 Å². The summed E-state index contributed by atoms with van der Waals surface area (Å²) in [4.78, 5) is 24.6. The first-order valence-electron chi connectivity index (χ1n) is 8.15. The van der Waals surface area contributed by atoms with Crippen LogP contribution in [0.4, 0.5) is 4.79 Å². The number of amides is 3. The molecule has 22 heavy (non-hydrogen) atoms. The van der Waals surface area contributed by atoms with Crippen molar-refractivity contribution < 1.29 is 9.59 Å². The molecule has 0 aromatic carbocycles. The van der Waals surface area contributed by atoms with E-state index in [1.54, 1.807) is 0 Å². The zero-order valence-electron chi connectivity index (χ0n) is 13.5. The number of halogens is 1. The number of carbonyl (C=O) groups excluding carboxylic acids is 2. The molecule has 0 radical (unpaired) electrons. The zero-order chi connectivity index (χ0) is 15.3. The monoisotopic (exact) mass is 332 g/mol. The fourth-order valence-electron chi connectivity index (χ4n) is 3.30. The van der Waals surface area contributed by atoms with Gasteiger partial charge in [0.25, 0.3) is 0 Å². The van der Waals surface area contributed by atoms with Gasteiger partial charge < -0.3 is 21.3 Å². The number of hydrogen-bond donors (Lipinski definition) is 4. The van der Waals surface area contributed by atoms with Gasteiger partial charge in [-0.2, -0.15) is 0 Å². The highest BCUT2D eigenvalue weighted by Crippen LogP contribution is 2.30. The molecule has 2 atom stereocenters. The van der Waals surface area contributed by atoms with Crippen molar-refractivity contribution in [3.8, 4) is 0 Å². The van der Waals surface area contributed by atoms with Gasteiger partial charge in [0, 0.05) is 19.1 Å². The van der Waals surface area contributed by atoms with Crippen molar-refractivity contribution in [1.82, 2.24) is 21.3 Å². The summed E-state index contributed by atoms with van der Waals surface area (Å²) in [7, 11) is 0. The first-order valence-corrected chi connectivity index (χ1v) is 8.15. The summed E-state index contributed by atoms with van der Waals surface area (Å²) in [6.07, 6.45) is 4.49. The van der Waals surface area contributed by atoms with E-state index in [0.29, 0.717) is 12.5 Å². The van der Waals surface area contributed by atoms with Crippen LogP contribution in [0.1, 0.15) is 46.0 Å². The summed E-state index contributed by atoms with van der Waals surface area (Å²) in [5.74, 6) is 0.449. The van der Waals surface area contributed by atoms with Crippen LogP contribution >= 0.6 is 12.4 Å². The normalized spacial score (nSPS) is 26.6. The number of urea groups is 1. The maximum atomic E-state index is 12.7. The van der Waals surface area contributed by atoms with Crippen molar-refractivity contribution >= 4 is 24.3 Å². The number of piperidine rings is 1. The Balaban J connectivity index is 0.00000242. The van der Waals surface area contributed by atoms with Gasteiger partial charge in [0.15, 0.2) is 0 Å². The Morgan fingerprint density at radius 3 is 2.55 bits per heavy atom. The largest absolute Gasteiger partial charge is 0.350 e. The quantitative estimate of drug-likeness (QED) is 0.623. The lowest BCUT2D eigenvalue weighted by Crippen LogP contribution is -2.62. The molecule has 1 saturated carbocycles. The minimum atomic E-state index is -0.726. The molecule has 0 spiro atoms. The maximum Gasteiger partial charge on any atom is 0.315 e. The molecule has 1 aliphatic carbocycles. The second-order valence-electron chi connectivity index (χ2n) is 6.32. The van der Waals surface area contributed by atoms with Gasteiger partial charge in [0.2, 0.25) is 5.91 Å². The lowest BCUT2D eigenvalue weighted by atomic mass is 9.91. The third-order valence-corrected chi connectivity index (χ3v) is 4.73. The van der Waals surface area contributed by atoms with Crippen LogP contribution in [-0.2, 0) is 4.79 Å². The Kier molecular flexibility index (Phi) is 7.42. The number of hydrogen-bond acceptors (Lipinski definition) is 3. The lowest BCUT2D eigenvalue weighted by Gasteiger charge is -2.35. The summed E-state index contributed by atoms with van der Waals surface area (Å²) >= 11 is 0. The van der Waals surface area contributed by atoms with Gasteiger partial charge in [-0.05, 0) is 38.6 Å². The van der Waals surface area contributed by atoms with Gasteiger partial charge in [-0.15, -0.1) is 12.4 Å². The van der Waals surface area contributed by atoms with Crippen LogP contribution in [0.3, 0.4) is 0 Å². The van der Waals surface area contributed by atoms with Crippen molar-refractivity contribution in [1.29, 1.82) is 0 Å². The molecular formula is C15H29ClN4O2. The number of rotatable bonds is 4. The Labute approximate surface area is 139 Å². The second-order valence-corrected chi connectivity index (χ2v) is 6.32. The third-order valence-electron chi connectivity index (χ3n) is 4.73. The van der Waals surface area contributed by atoms with Crippen LogP contribution in [0.25, 0.3) is 0 Å². The van der Waals surface area contributed by atoms with Crippen molar-refractivity contribution in [3.63, 3.8) is 0 Å². The van der Waals surface area contributed by atoms with Crippen molar-refractivity contribution in [2.75, 3.05) is 19.6 Å². The minimum absolute atomic E-state index is 0. The highest BCUT2D eigenvalue weighted by Gasteiger charge is 2.43. The molecule has 0 aromatic heterocycles. The molecule has 1 heterocycles. The highest BCUT2D eigenvalue weighted by atomic mass is 35.5. The molecule has 0 aromatic rings. The molecule has 4 N–H and O–H groups in total. The average Bonchev–Trinajstić information content (AvgIpc) is 2.91. The van der Waals surface area contributed by atoms with Crippen molar-refractivity contribution in [2.45, 2.75) is 57.5 Å². The molecule has 3 amide bonds. The molecule has 2 fully saturated rings. The van der Waals surface area contributed by atoms with E-state index in [4.69, 9.17) is 0 Å². The van der Waals surface area contributed by atoms with Crippen molar-refractivity contribution in [2.24, 2.45) is 5.92 Å². The van der Waals surface area contributed by atoms with E-state index in [0.717, 1.165) is 45.2 Å². The molecule has 1 saturated heterocycles. The molecule has 2 rings (SSSR count). The first kappa shape index (κ1) is 19.0. The van der Waals surface area contributed by atoms with Crippen LogP contribution in [0, 0.1) is 5.92 Å². The predicted octanol–water partition coefficient (Wildman–Crippen LogP) is 1.15. The molecule has 6 nitrogen and oxygen atoms in total. The van der Waals surface area contributed by atoms with Crippen LogP contribution in [-0.4, -0.2) is 43.2 Å². The fraction of sp³-hybridized carbons (Fsp3) is 0.867. The van der Waals surface area contributed by atoms with E-state index in [1.165, 1.54) is 0 Å². The molecule has 7 heteroatoms. The second kappa shape index (κ2) is 8.58. The summed E-state index contributed by atoms with van der Waals surface area (Å²) in [6.45, 7) is 6.42. The number of carbonyl (C=O) groups is 2. The number of nitrogens with one attached hydrogen (secondary N) is 4. The van der Waals surface area contributed by atoms with E-state index in [2.05, 4.69) is 28.2 Å². The van der Waals surface area contributed by atoms with Crippen LogP contribution in [0.15, 0.2) is 0 Å². The summed E-state index contributed by atoms with van der Waals surface area (Å²) in [5.41, 5.74) is -0.726. The van der Waals surface area contributed by atoms with Crippen molar-refractivity contribution in [3.05, 3.63) is 0 Å². The topological polar surface area (TPSA) is 82.3 Å². The average molecular weight is 333 g/mol. The van der Waals surface area contributed by atoms with Crippen LogP contribution in [0.2, 0.25) is 0 Å². The summed E-state index contributed by atoms with van der Waals surface area (Å²) in [6, 6.07) is -0.0934. The smallest absolute Gasteiger partial charge is 0.315 e. The minimum Gasteiger partial charge on any atom is -0.350 e. The van der Waals surface area contributed by atoms with Gasteiger partial charge in [0.05, 0.1) is 0 Å². The van der Waals surface area contributed by atoms with Gasteiger partial charge in [-0.1, -0.05) is 19.8 Å². The fourth-order valence-corrected chi connectivity index (χ4v) is 3.30. The summed E-state index contributed by atoms with van der Waals surface area (Å²) in [5, 5.41) is 12.1. The molecule has 128 valence electrons. The van der Waals surface area contributed by atoms with Gasteiger partial charge in [-0.3, -0.25) is 4.79 Å². The van der Waals surface area contributed by atoms with E-state index in [-0.39, 0.29) is 30.4 Å².